The highest BCUT2D eigenvalue weighted by Gasteiger charge is 2.46. The van der Waals surface area contributed by atoms with E-state index in [0.717, 1.165) is 26.0 Å². The van der Waals surface area contributed by atoms with Gasteiger partial charge in [-0.25, -0.2) is 9.78 Å². The van der Waals surface area contributed by atoms with Gasteiger partial charge in [0.2, 0.25) is 0 Å². The Labute approximate surface area is 122 Å². The molecule has 1 aliphatic heterocycles. The van der Waals surface area contributed by atoms with Crippen LogP contribution in [0.3, 0.4) is 0 Å². The van der Waals surface area contributed by atoms with Crippen molar-refractivity contribution in [3.05, 3.63) is 24.0 Å². The van der Waals surface area contributed by atoms with Gasteiger partial charge < -0.3 is 20.7 Å². The van der Waals surface area contributed by atoms with Gasteiger partial charge in [-0.15, -0.1) is 0 Å². The van der Waals surface area contributed by atoms with Gasteiger partial charge in [-0.1, -0.05) is 0 Å². The van der Waals surface area contributed by atoms with Gasteiger partial charge in [-0.3, -0.25) is 4.79 Å². The molecule has 0 atom stereocenters. The Kier molecular flexibility index (Phi) is 3.50. The van der Waals surface area contributed by atoms with Crippen molar-refractivity contribution >= 4 is 17.6 Å². The third-order valence-corrected chi connectivity index (χ3v) is 3.95. The van der Waals surface area contributed by atoms with E-state index in [-0.39, 0.29) is 17.1 Å². The molecule has 0 bridgehead atoms. The number of carbonyl (C=O) groups excluding carboxylic acids is 2. The standard InChI is InChI=1S/C14H18N4O3/c15-12(19)11-2-1-10(7-16-11)17-13(20)18-5-6-21-9-14(8-18)3-4-14/h1-2,7H,3-6,8-9H2,(H2,15,19)(H,17,20). The largest absolute Gasteiger partial charge is 0.379 e. The number of hydrogen-bond acceptors (Lipinski definition) is 4. The number of hydrogen-bond donors (Lipinski definition) is 2. The Morgan fingerprint density at radius 3 is 2.81 bits per heavy atom. The fourth-order valence-corrected chi connectivity index (χ4v) is 2.46. The predicted molar refractivity (Wildman–Crippen MR) is 75.8 cm³/mol. The number of rotatable bonds is 2. The van der Waals surface area contributed by atoms with Crippen molar-refractivity contribution in [3.63, 3.8) is 0 Å². The van der Waals surface area contributed by atoms with Crippen LogP contribution in [0.25, 0.3) is 0 Å². The second kappa shape index (κ2) is 5.33. The van der Waals surface area contributed by atoms with Crippen LogP contribution >= 0.6 is 0 Å². The van der Waals surface area contributed by atoms with Crippen molar-refractivity contribution in [2.45, 2.75) is 12.8 Å². The van der Waals surface area contributed by atoms with Crippen LogP contribution < -0.4 is 11.1 Å². The van der Waals surface area contributed by atoms with Crippen molar-refractivity contribution in [2.24, 2.45) is 11.1 Å². The number of primary amides is 1. The summed E-state index contributed by atoms with van der Waals surface area (Å²) in [5.74, 6) is -0.590. The monoisotopic (exact) mass is 290 g/mol. The third kappa shape index (κ3) is 3.13. The Morgan fingerprint density at radius 2 is 2.19 bits per heavy atom. The van der Waals surface area contributed by atoms with Crippen molar-refractivity contribution in [2.75, 3.05) is 31.6 Å². The zero-order valence-electron chi connectivity index (χ0n) is 11.7. The molecule has 1 saturated carbocycles. The van der Waals surface area contributed by atoms with Crippen LogP contribution in [0.2, 0.25) is 0 Å². The van der Waals surface area contributed by atoms with Crippen LogP contribution in [0, 0.1) is 5.41 Å². The number of nitrogens with zero attached hydrogens (tertiary/aromatic N) is 2. The molecule has 1 spiro atoms. The number of urea groups is 1. The number of anilines is 1. The normalized spacial score (nSPS) is 19.9. The number of aromatic nitrogens is 1. The van der Waals surface area contributed by atoms with Crippen LogP contribution in [-0.4, -0.2) is 48.1 Å². The lowest BCUT2D eigenvalue weighted by Crippen LogP contribution is -2.39. The lowest BCUT2D eigenvalue weighted by molar-refractivity contribution is 0.0995. The van der Waals surface area contributed by atoms with Gasteiger partial charge in [-0.05, 0) is 25.0 Å². The van der Waals surface area contributed by atoms with E-state index in [2.05, 4.69) is 10.3 Å². The first-order valence-electron chi connectivity index (χ1n) is 6.98. The third-order valence-electron chi connectivity index (χ3n) is 3.95. The van der Waals surface area contributed by atoms with E-state index in [1.165, 1.54) is 12.3 Å². The van der Waals surface area contributed by atoms with Crippen molar-refractivity contribution in [1.82, 2.24) is 9.88 Å². The SMILES string of the molecule is NC(=O)c1ccc(NC(=O)N2CCOCC3(CC3)C2)cn1. The van der Waals surface area contributed by atoms with Crippen LogP contribution in [0.4, 0.5) is 10.5 Å². The molecular weight excluding hydrogens is 272 g/mol. The molecule has 0 unspecified atom stereocenters. The number of nitrogens with one attached hydrogen (secondary N) is 1. The van der Waals surface area contributed by atoms with Gasteiger partial charge in [0.15, 0.2) is 0 Å². The predicted octanol–water partition coefficient (Wildman–Crippen LogP) is 0.825. The molecule has 1 aromatic heterocycles. The molecule has 3 rings (SSSR count). The lowest BCUT2D eigenvalue weighted by Gasteiger charge is -2.23. The molecule has 7 heteroatoms. The Morgan fingerprint density at radius 1 is 1.38 bits per heavy atom. The highest BCUT2D eigenvalue weighted by molar-refractivity contribution is 5.92. The summed E-state index contributed by atoms with van der Waals surface area (Å²) in [5.41, 5.74) is 6.01. The second-order valence-electron chi connectivity index (χ2n) is 5.70. The molecule has 2 fully saturated rings. The van der Waals surface area contributed by atoms with Crippen molar-refractivity contribution in [1.29, 1.82) is 0 Å². The number of amides is 3. The maximum absolute atomic E-state index is 12.3. The minimum absolute atomic E-state index is 0.166. The number of pyridine rings is 1. The van der Waals surface area contributed by atoms with Gasteiger partial charge in [0.1, 0.15) is 5.69 Å². The summed E-state index contributed by atoms with van der Waals surface area (Å²) in [6.07, 6.45) is 3.66. The first-order valence-corrected chi connectivity index (χ1v) is 6.98. The fourth-order valence-electron chi connectivity index (χ4n) is 2.46. The van der Waals surface area contributed by atoms with Crippen LogP contribution in [0.5, 0.6) is 0 Å². The molecule has 3 amide bonds. The van der Waals surface area contributed by atoms with E-state index in [0.29, 0.717) is 18.8 Å². The summed E-state index contributed by atoms with van der Waals surface area (Å²) in [4.78, 5) is 28.9. The minimum Gasteiger partial charge on any atom is -0.379 e. The first-order chi connectivity index (χ1) is 10.1. The Balaban J connectivity index is 1.63. The number of carbonyl (C=O) groups is 2. The van der Waals surface area contributed by atoms with Gasteiger partial charge >= 0.3 is 6.03 Å². The molecule has 3 N–H and O–H groups in total. The average molecular weight is 290 g/mol. The fraction of sp³-hybridized carbons (Fsp3) is 0.500. The maximum atomic E-state index is 12.3. The molecule has 1 aromatic rings. The second-order valence-corrected chi connectivity index (χ2v) is 5.70. The lowest BCUT2D eigenvalue weighted by atomic mass is 10.1. The highest BCUT2D eigenvalue weighted by Crippen LogP contribution is 2.47. The van der Waals surface area contributed by atoms with Gasteiger partial charge in [0, 0.05) is 18.5 Å². The molecule has 1 aliphatic carbocycles. The maximum Gasteiger partial charge on any atom is 0.321 e. The highest BCUT2D eigenvalue weighted by atomic mass is 16.5. The molecule has 2 aliphatic rings. The van der Waals surface area contributed by atoms with Gasteiger partial charge in [-0.2, -0.15) is 0 Å². The van der Waals surface area contributed by atoms with Crippen LogP contribution in [0.15, 0.2) is 18.3 Å². The molecule has 7 nitrogen and oxygen atoms in total. The summed E-state index contributed by atoms with van der Waals surface area (Å²) < 4.78 is 5.56. The van der Waals surface area contributed by atoms with Gasteiger partial charge in [0.25, 0.3) is 5.91 Å². The number of ether oxygens (including phenoxy) is 1. The number of nitrogens with two attached hydrogens (primary N) is 1. The minimum atomic E-state index is -0.590. The first kappa shape index (κ1) is 13.8. The average Bonchev–Trinajstić information content (AvgIpc) is 3.26. The van der Waals surface area contributed by atoms with Crippen molar-refractivity contribution in [3.8, 4) is 0 Å². The molecule has 0 aromatic carbocycles. The van der Waals surface area contributed by atoms with Crippen LogP contribution in [-0.2, 0) is 4.74 Å². The zero-order chi connectivity index (χ0) is 14.9. The molecule has 112 valence electrons. The summed E-state index contributed by atoms with van der Waals surface area (Å²) >= 11 is 0. The Bertz CT molecular complexity index is 554. The van der Waals surface area contributed by atoms with Gasteiger partial charge in [0.05, 0.1) is 25.1 Å². The Hall–Kier alpha value is -2.15. The van der Waals surface area contributed by atoms with E-state index in [9.17, 15) is 9.59 Å². The quantitative estimate of drug-likeness (QED) is 0.842. The van der Waals surface area contributed by atoms with E-state index < -0.39 is 5.91 Å². The van der Waals surface area contributed by atoms with E-state index in [1.54, 1.807) is 11.0 Å². The molecule has 1 saturated heterocycles. The van der Waals surface area contributed by atoms with Crippen molar-refractivity contribution < 1.29 is 14.3 Å². The molecule has 2 heterocycles. The zero-order valence-corrected chi connectivity index (χ0v) is 11.7. The summed E-state index contributed by atoms with van der Waals surface area (Å²) in [7, 11) is 0. The van der Waals surface area contributed by atoms with Crippen LogP contribution in [0.1, 0.15) is 23.3 Å². The summed E-state index contributed by atoms with van der Waals surface area (Å²) in [6.45, 7) is 2.62. The molecular formula is C14H18N4O3. The summed E-state index contributed by atoms with van der Waals surface area (Å²) in [6, 6.07) is 2.94. The summed E-state index contributed by atoms with van der Waals surface area (Å²) in [5, 5.41) is 2.79. The molecule has 0 radical (unpaired) electrons. The topological polar surface area (TPSA) is 97.5 Å². The smallest absolute Gasteiger partial charge is 0.321 e. The van der Waals surface area contributed by atoms with E-state index in [1.807, 2.05) is 0 Å². The van der Waals surface area contributed by atoms with E-state index >= 15 is 0 Å². The van der Waals surface area contributed by atoms with E-state index in [4.69, 9.17) is 10.5 Å². The molecule has 21 heavy (non-hydrogen) atoms.